The maximum atomic E-state index is 12.0. The van der Waals surface area contributed by atoms with Crippen LogP contribution in [-0.4, -0.2) is 46.5 Å². The van der Waals surface area contributed by atoms with Crippen molar-refractivity contribution < 1.29 is 4.79 Å². The van der Waals surface area contributed by atoms with E-state index in [1.807, 2.05) is 23.7 Å². The lowest BCUT2D eigenvalue weighted by Crippen LogP contribution is -2.42. The second-order valence-corrected chi connectivity index (χ2v) is 6.62. The summed E-state index contributed by atoms with van der Waals surface area (Å²) in [6, 6.07) is 4.26. The number of aryl methyl sites for hydroxylation is 1. The molecule has 0 aliphatic rings. The van der Waals surface area contributed by atoms with Crippen molar-refractivity contribution in [3.8, 4) is 10.6 Å². The second kappa shape index (κ2) is 9.49. The minimum absolute atomic E-state index is 0.0879. The summed E-state index contributed by atoms with van der Waals surface area (Å²) in [7, 11) is 0. The molecule has 1 atom stereocenters. The van der Waals surface area contributed by atoms with Gasteiger partial charge < -0.3 is 5.32 Å². The summed E-state index contributed by atoms with van der Waals surface area (Å²) in [5.74, 6) is 0.0879. The highest BCUT2D eigenvalue weighted by atomic mass is 32.1. The molecule has 0 fully saturated rings. The standard InChI is InChI=1S/C18H26N4OS/c1-4-22(5-2)14(3)11-20-17(23)9-8-16-13-24-18(21-16)15-7-6-10-19-12-15/h6-7,10,12-14H,4-5,8-9,11H2,1-3H3,(H,20,23). The van der Waals surface area contributed by atoms with Gasteiger partial charge in [-0.2, -0.15) is 0 Å². The number of amides is 1. The van der Waals surface area contributed by atoms with Crippen LogP contribution in [0.25, 0.3) is 10.6 Å². The topological polar surface area (TPSA) is 58.1 Å². The van der Waals surface area contributed by atoms with Crippen LogP contribution in [0.2, 0.25) is 0 Å². The Labute approximate surface area is 148 Å². The smallest absolute Gasteiger partial charge is 0.220 e. The fourth-order valence-corrected chi connectivity index (χ4v) is 3.46. The first-order valence-corrected chi connectivity index (χ1v) is 9.37. The Bertz CT molecular complexity index is 625. The van der Waals surface area contributed by atoms with Gasteiger partial charge in [0.05, 0.1) is 5.69 Å². The number of rotatable bonds is 9. The molecule has 130 valence electrons. The van der Waals surface area contributed by atoms with Gasteiger partial charge in [-0.1, -0.05) is 13.8 Å². The van der Waals surface area contributed by atoms with Crippen LogP contribution >= 0.6 is 11.3 Å². The highest BCUT2D eigenvalue weighted by Gasteiger charge is 2.12. The lowest BCUT2D eigenvalue weighted by atomic mass is 10.2. The molecule has 2 heterocycles. The van der Waals surface area contributed by atoms with Crippen LogP contribution in [0, 0.1) is 0 Å². The molecule has 24 heavy (non-hydrogen) atoms. The number of carbonyl (C=O) groups excluding carboxylic acids is 1. The van der Waals surface area contributed by atoms with E-state index in [9.17, 15) is 4.79 Å². The van der Waals surface area contributed by atoms with Crippen LogP contribution in [0.3, 0.4) is 0 Å². The third-order valence-electron chi connectivity index (χ3n) is 4.10. The number of likely N-dealkylation sites (N-methyl/N-ethyl adjacent to an activating group) is 1. The Balaban J connectivity index is 1.77. The first-order chi connectivity index (χ1) is 11.6. The van der Waals surface area contributed by atoms with Crippen LogP contribution in [0.5, 0.6) is 0 Å². The first-order valence-electron chi connectivity index (χ1n) is 8.49. The average molecular weight is 346 g/mol. The number of thiazole rings is 1. The zero-order chi connectivity index (χ0) is 17.4. The molecule has 2 rings (SSSR count). The summed E-state index contributed by atoms with van der Waals surface area (Å²) in [6.45, 7) is 9.13. The van der Waals surface area contributed by atoms with Gasteiger partial charge in [-0.05, 0) is 38.6 Å². The fourth-order valence-electron chi connectivity index (χ4n) is 2.61. The van der Waals surface area contributed by atoms with Crippen LogP contribution in [0.1, 0.15) is 32.9 Å². The lowest BCUT2D eigenvalue weighted by molar-refractivity contribution is -0.121. The number of aromatic nitrogens is 2. The van der Waals surface area contributed by atoms with Crippen LogP contribution in [-0.2, 0) is 11.2 Å². The number of carbonyl (C=O) groups is 1. The maximum Gasteiger partial charge on any atom is 0.220 e. The molecule has 1 unspecified atom stereocenters. The quantitative estimate of drug-likeness (QED) is 0.758. The van der Waals surface area contributed by atoms with Gasteiger partial charge in [0, 0.05) is 42.3 Å². The largest absolute Gasteiger partial charge is 0.355 e. The van der Waals surface area contributed by atoms with E-state index >= 15 is 0 Å². The SMILES string of the molecule is CCN(CC)C(C)CNC(=O)CCc1csc(-c2cccnc2)n1. The minimum Gasteiger partial charge on any atom is -0.355 e. The van der Waals surface area contributed by atoms with E-state index in [0.717, 1.165) is 29.4 Å². The van der Waals surface area contributed by atoms with Crippen molar-refractivity contribution in [1.82, 2.24) is 20.2 Å². The highest BCUT2D eigenvalue weighted by molar-refractivity contribution is 7.13. The Morgan fingerprint density at radius 2 is 2.17 bits per heavy atom. The summed E-state index contributed by atoms with van der Waals surface area (Å²) in [4.78, 5) is 23.1. The molecule has 0 spiro atoms. The van der Waals surface area contributed by atoms with Crippen LogP contribution in [0.4, 0.5) is 0 Å². The summed E-state index contributed by atoms with van der Waals surface area (Å²) < 4.78 is 0. The lowest BCUT2D eigenvalue weighted by Gasteiger charge is -2.26. The Morgan fingerprint density at radius 1 is 1.38 bits per heavy atom. The summed E-state index contributed by atoms with van der Waals surface area (Å²) >= 11 is 1.59. The predicted octanol–water partition coefficient (Wildman–Crippen LogP) is 2.98. The molecule has 5 nitrogen and oxygen atoms in total. The Morgan fingerprint density at radius 3 is 2.83 bits per heavy atom. The van der Waals surface area contributed by atoms with Gasteiger partial charge in [0.2, 0.25) is 5.91 Å². The van der Waals surface area contributed by atoms with Gasteiger partial charge in [0.1, 0.15) is 5.01 Å². The third-order valence-corrected chi connectivity index (χ3v) is 5.04. The van der Waals surface area contributed by atoms with E-state index in [0.29, 0.717) is 25.4 Å². The van der Waals surface area contributed by atoms with Crippen LogP contribution < -0.4 is 5.32 Å². The van der Waals surface area contributed by atoms with Crippen molar-refractivity contribution in [2.24, 2.45) is 0 Å². The summed E-state index contributed by atoms with van der Waals surface area (Å²) in [5, 5.41) is 6.00. The van der Waals surface area contributed by atoms with Crippen molar-refractivity contribution in [2.75, 3.05) is 19.6 Å². The molecule has 0 aliphatic carbocycles. The monoisotopic (exact) mass is 346 g/mol. The maximum absolute atomic E-state index is 12.0. The van der Waals surface area contributed by atoms with Gasteiger partial charge >= 0.3 is 0 Å². The highest BCUT2D eigenvalue weighted by Crippen LogP contribution is 2.23. The minimum atomic E-state index is 0.0879. The molecule has 0 radical (unpaired) electrons. The first kappa shape index (κ1) is 18.5. The number of pyridine rings is 1. The molecule has 1 N–H and O–H groups in total. The van der Waals surface area contributed by atoms with E-state index < -0.39 is 0 Å². The van der Waals surface area contributed by atoms with Crippen molar-refractivity contribution in [3.05, 3.63) is 35.6 Å². The number of hydrogen-bond acceptors (Lipinski definition) is 5. The Hall–Kier alpha value is -1.79. The van der Waals surface area contributed by atoms with Gasteiger partial charge in [0.15, 0.2) is 0 Å². The predicted molar refractivity (Wildman–Crippen MR) is 99.1 cm³/mol. The normalized spacial score (nSPS) is 12.3. The summed E-state index contributed by atoms with van der Waals surface area (Å²) in [6.07, 6.45) is 4.70. The molecule has 0 aliphatic heterocycles. The molecule has 0 saturated heterocycles. The molecule has 2 aromatic heterocycles. The second-order valence-electron chi connectivity index (χ2n) is 5.76. The van der Waals surface area contributed by atoms with Gasteiger partial charge in [-0.15, -0.1) is 11.3 Å². The molecule has 0 aromatic carbocycles. The van der Waals surface area contributed by atoms with E-state index in [1.165, 1.54) is 0 Å². The molecule has 6 heteroatoms. The molecular formula is C18H26N4OS. The van der Waals surface area contributed by atoms with E-state index in [2.05, 4.69) is 41.0 Å². The van der Waals surface area contributed by atoms with E-state index in [-0.39, 0.29) is 5.91 Å². The molecular weight excluding hydrogens is 320 g/mol. The van der Waals surface area contributed by atoms with Crippen molar-refractivity contribution >= 4 is 17.2 Å². The number of nitrogens with zero attached hydrogens (tertiary/aromatic N) is 3. The van der Waals surface area contributed by atoms with Crippen LogP contribution in [0.15, 0.2) is 29.9 Å². The van der Waals surface area contributed by atoms with E-state index in [4.69, 9.17) is 0 Å². The van der Waals surface area contributed by atoms with Gasteiger partial charge in [-0.25, -0.2) is 4.98 Å². The molecule has 0 saturated carbocycles. The third kappa shape index (κ3) is 5.39. The van der Waals surface area contributed by atoms with Crippen molar-refractivity contribution in [1.29, 1.82) is 0 Å². The Kier molecular flexibility index (Phi) is 7.34. The zero-order valence-corrected chi connectivity index (χ0v) is 15.5. The van der Waals surface area contributed by atoms with Gasteiger partial charge in [-0.3, -0.25) is 14.7 Å². The van der Waals surface area contributed by atoms with Crippen molar-refractivity contribution in [2.45, 2.75) is 39.7 Å². The zero-order valence-electron chi connectivity index (χ0n) is 14.7. The fraction of sp³-hybridized carbons (Fsp3) is 0.500. The number of hydrogen-bond donors (Lipinski definition) is 1. The average Bonchev–Trinajstić information content (AvgIpc) is 3.09. The van der Waals surface area contributed by atoms with E-state index in [1.54, 1.807) is 17.5 Å². The van der Waals surface area contributed by atoms with Crippen molar-refractivity contribution in [3.63, 3.8) is 0 Å². The molecule has 1 amide bonds. The van der Waals surface area contributed by atoms with Gasteiger partial charge in [0.25, 0.3) is 0 Å². The molecule has 2 aromatic rings. The molecule has 0 bridgehead atoms. The number of nitrogens with one attached hydrogen (secondary N) is 1. The summed E-state index contributed by atoms with van der Waals surface area (Å²) in [5.41, 5.74) is 1.98.